The van der Waals surface area contributed by atoms with E-state index < -0.39 is 0 Å². The molecule has 0 aromatic rings. The third kappa shape index (κ3) is 1.71. The first kappa shape index (κ1) is 10.5. The monoisotopic (exact) mass is 195 g/mol. The Morgan fingerprint density at radius 1 is 1.14 bits per heavy atom. The first-order valence-corrected chi connectivity index (χ1v) is 6.38. The predicted octanol–water partition coefficient (Wildman–Crippen LogP) is 3.30. The number of hydrogen-bond donors (Lipinski definition) is 0. The van der Waals surface area contributed by atoms with Crippen LogP contribution in [0.25, 0.3) is 0 Å². The van der Waals surface area contributed by atoms with Gasteiger partial charge >= 0.3 is 0 Å². The molecule has 1 heteroatoms. The zero-order valence-electron chi connectivity index (χ0n) is 10.1. The molecule has 0 amide bonds. The molecule has 2 rings (SSSR count). The fourth-order valence-electron chi connectivity index (χ4n) is 3.54. The molecule has 0 aromatic carbocycles. The second-order valence-corrected chi connectivity index (χ2v) is 5.79. The van der Waals surface area contributed by atoms with Gasteiger partial charge in [0.25, 0.3) is 0 Å². The summed E-state index contributed by atoms with van der Waals surface area (Å²) in [6, 6.07) is 0.754. The van der Waals surface area contributed by atoms with Crippen LogP contribution < -0.4 is 0 Å². The summed E-state index contributed by atoms with van der Waals surface area (Å²) >= 11 is 0. The van der Waals surface area contributed by atoms with Crippen LogP contribution in [0.5, 0.6) is 0 Å². The number of piperidine rings is 1. The van der Waals surface area contributed by atoms with Gasteiger partial charge < -0.3 is 4.90 Å². The number of hydrogen-bond acceptors (Lipinski definition) is 1. The summed E-state index contributed by atoms with van der Waals surface area (Å²) in [5.41, 5.74) is 0.755. The van der Waals surface area contributed by atoms with Crippen LogP contribution in [0.1, 0.15) is 52.9 Å². The van der Waals surface area contributed by atoms with Gasteiger partial charge in [0, 0.05) is 6.04 Å². The summed E-state index contributed by atoms with van der Waals surface area (Å²) in [6.45, 7) is 9.84. The number of rotatable bonds is 1. The van der Waals surface area contributed by atoms with Crippen LogP contribution in [0.3, 0.4) is 0 Å². The van der Waals surface area contributed by atoms with Gasteiger partial charge in [0.05, 0.1) is 0 Å². The van der Waals surface area contributed by atoms with E-state index in [0.29, 0.717) is 0 Å². The maximum absolute atomic E-state index is 2.65. The van der Waals surface area contributed by atoms with E-state index in [2.05, 4.69) is 25.7 Å². The Bertz CT molecular complexity index is 189. The van der Waals surface area contributed by atoms with E-state index in [9.17, 15) is 0 Å². The molecular formula is C13H25N. The summed E-state index contributed by atoms with van der Waals surface area (Å²) in [5, 5.41) is 0. The van der Waals surface area contributed by atoms with Crippen molar-refractivity contribution in [2.45, 2.75) is 58.9 Å². The molecule has 82 valence electrons. The van der Waals surface area contributed by atoms with Crippen molar-refractivity contribution in [3.05, 3.63) is 0 Å². The van der Waals surface area contributed by atoms with Crippen molar-refractivity contribution >= 4 is 0 Å². The standard InChI is InChI=1S/C13H25N/c1-11(2)14-9-7-13(8-10-14)6-4-5-12(13)3/h11-12H,4-10H2,1-3H3/t12-/m0/s1. The molecule has 1 spiro atoms. The van der Waals surface area contributed by atoms with Gasteiger partial charge in [-0.3, -0.25) is 0 Å². The van der Waals surface area contributed by atoms with Crippen LogP contribution in [0.2, 0.25) is 0 Å². The zero-order chi connectivity index (χ0) is 10.2. The maximum Gasteiger partial charge on any atom is 0.00385 e. The molecule has 0 bridgehead atoms. The lowest BCUT2D eigenvalue weighted by molar-refractivity contribution is 0.0586. The molecule has 2 fully saturated rings. The number of nitrogens with zero attached hydrogens (tertiary/aromatic N) is 1. The fourth-order valence-corrected chi connectivity index (χ4v) is 3.54. The quantitative estimate of drug-likeness (QED) is 0.620. The van der Waals surface area contributed by atoms with E-state index >= 15 is 0 Å². The van der Waals surface area contributed by atoms with E-state index in [1.807, 2.05) is 0 Å². The van der Waals surface area contributed by atoms with Gasteiger partial charge in [0.1, 0.15) is 0 Å². The molecule has 1 heterocycles. The SMILES string of the molecule is CC(C)N1CCC2(CCC[C@@H]2C)CC1. The molecule has 1 saturated heterocycles. The molecule has 0 aromatic heterocycles. The van der Waals surface area contributed by atoms with Crippen LogP contribution in [0, 0.1) is 11.3 Å². The highest BCUT2D eigenvalue weighted by Gasteiger charge is 2.42. The van der Waals surface area contributed by atoms with Gasteiger partial charge in [-0.1, -0.05) is 19.8 Å². The molecule has 0 N–H and O–H groups in total. The molecule has 1 aliphatic heterocycles. The Morgan fingerprint density at radius 2 is 1.79 bits per heavy atom. The van der Waals surface area contributed by atoms with Crippen LogP contribution in [0.4, 0.5) is 0 Å². The summed E-state index contributed by atoms with van der Waals surface area (Å²) in [4.78, 5) is 2.65. The first-order chi connectivity index (χ1) is 6.64. The minimum atomic E-state index is 0.754. The first-order valence-electron chi connectivity index (χ1n) is 6.38. The van der Waals surface area contributed by atoms with Gasteiger partial charge in [-0.15, -0.1) is 0 Å². The van der Waals surface area contributed by atoms with Gasteiger partial charge in [-0.05, 0) is 57.5 Å². The third-order valence-electron chi connectivity index (χ3n) is 4.88. The minimum absolute atomic E-state index is 0.754. The van der Waals surface area contributed by atoms with E-state index in [1.54, 1.807) is 0 Å². The van der Waals surface area contributed by atoms with Gasteiger partial charge in [-0.2, -0.15) is 0 Å². The molecular weight excluding hydrogens is 170 g/mol. The second-order valence-electron chi connectivity index (χ2n) is 5.79. The molecule has 1 nitrogen and oxygen atoms in total. The average molecular weight is 195 g/mol. The predicted molar refractivity (Wildman–Crippen MR) is 61.4 cm³/mol. The summed E-state index contributed by atoms with van der Waals surface area (Å²) in [5.74, 6) is 0.997. The molecule has 2 aliphatic rings. The van der Waals surface area contributed by atoms with Gasteiger partial charge in [0.2, 0.25) is 0 Å². The van der Waals surface area contributed by atoms with E-state index in [4.69, 9.17) is 0 Å². The maximum atomic E-state index is 2.65. The Kier molecular flexibility index (Phi) is 2.88. The molecule has 0 radical (unpaired) electrons. The Hall–Kier alpha value is -0.0400. The largest absolute Gasteiger partial charge is 0.301 e. The molecule has 0 unspecified atom stereocenters. The molecule has 1 atom stereocenters. The Labute approximate surface area is 88.9 Å². The van der Waals surface area contributed by atoms with Crippen molar-refractivity contribution in [1.29, 1.82) is 0 Å². The van der Waals surface area contributed by atoms with Crippen molar-refractivity contribution < 1.29 is 0 Å². The lowest BCUT2D eigenvalue weighted by Gasteiger charge is -2.43. The fraction of sp³-hybridized carbons (Fsp3) is 1.00. The normalized spacial score (nSPS) is 33.0. The van der Waals surface area contributed by atoms with Crippen LogP contribution >= 0.6 is 0 Å². The molecule has 1 aliphatic carbocycles. The van der Waals surface area contributed by atoms with E-state index in [-0.39, 0.29) is 0 Å². The van der Waals surface area contributed by atoms with Crippen molar-refractivity contribution in [3.63, 3.8) is 0 Å². The molecule has 14 heavy (non-hydrogen) atoms. The Morgan fingerprint density at radius 3 is 2.21 bits per heavy atom. The third-order valence-corrected chi connectivity index (χ3v) is 4.88. The Balaban J connectivity index is 1.94. The smallest absolute Gasteiger partial charge is 0.00385 e. The average Bonchev–Trinajstić information content (AvgIpc) is 2.49. The highest BCUT2D eigenvalue weighted by molar-refractivity contribution is 4.94. The van der Waals surface area contributed by atoms with E-state index in [0.717, 1.165) is 17.4 Å². The zero-order valence-corrected chi connectivity index (χ0v) is 10.1. The highest BCUT2D eigenvalue weighted by atomic mass is 15.2. The highest BCUT2D eigenvalue weighted by Crippen LogP contribution is 2.50. The van der Waals surface area contributed by atoms with Crippen LogP contribution in [0.15, 0.2) is 0 Å². The second kappa shape index (κ2) is 3.84. The van der Waals surface area contributed by atoms with Crippen LogP contribution in [-0.4, -0.2) is 24.0 Å². The summed E-state index contributed by atoms with van der Waals surface area (Å²) < 4.78 is 0. The van der Waals surface area contributed by atoms with Crippen molar-refractivity contribution in [2.24, 2.45) is 11.3 Å². The number of likely N-dealkylation sites (tertiary alicyclic amines) is 1. The summed E-state index contributed by atoms with van der Waals surface area (Å²) in [6.07, 6.45) is 7.42. The lowest BCUT2D eigenvalue weighted by Crippen LogP contribution is -2.44. The minimum Gasteiger partial charge on any atom is -0.301 e. The van der Waals surface area contributed by atoms with Crippen molar-refractivity contribution in [1.82, 2.24) is 4.90 Å². The van der Waals surface area contributed by atoms with Crippen molar-refractivity contribution in [2.75, 3.05) is 13.1 Å². The van der Waals surface area contributed by atoms with Gasteiger partial charge in [0.15, 0.2) is 0 Å². The molecule has 1 saturated carbocycles. The van der Waals surface area contributed by atoms with Crippen molar-refractivity contribution in [3.8, 4) is 0 Å². The lowest BCUT2D eigenvalue weighted by atomic mass is 9.71. The van der Waals surface area contributed by atoms with E-state index in [1.165, 1.54) is 45.2 Å². The van der Waals surface area contributed by atoms with Gasteiger partial charge in [-0.25, -0.2) is 0 Å². The summed E-state index contributed by atoms with van der Waals surface area (Å²) in [7, 11) is 0. The van der Waals surface area contributed by atoms with Crippen LogP contribution in [-0.2, 0) is 0 Å². The topological polar surface area (TPSA) is 3.24 Å².